The second-order valence-electron chi connectivity index (χ2n) is 7.42. The van der Waals surface area contributed by atoms with Crippen LogP contribution in [0.15, 0.2) is 12.1 Å². The van der Waals surface area contributed by atoms with Crippen molar-refractivity contribution in [2.75, 3.05) is 49.6 Å². The molecule has 0 unspecified atom stereocenters. The average molecular weight is 374 g/mol. The van der Waals surface area contributed by atoms with Gasteiger partial charge in [-0.05, 0) is 12.1 Å². The van der Waals surface area contributed by atoms with E-state index in [1.165, 1.54) is 9.58 Å². The molecule has 1 aromatic heterocycles. The molecule has 0 aliphatic carbocycles. The van der Waals surface area contributed by atoms with Gasteiger partial charge in [-0.25, -0.2) is 4.39 Å². The molecule has 4 rings (SSSR count). The number of anilines is 2. The van der Waals surface area contributed by atoms with Gasteiger partial charge in [0.15, 0.2) is 11.6 Å². The van der Waals surface area contributed by atoms with E-state index in [0.717, 1.165) is 26.2 Å². The highest BCUT2D eigenvalue weighted by molar-refractivity contribution is 5.97. The summed E-state index contributed by atoms with van der Waals surface area (Å²) in [5.74, 6) is -0.138. The molecule has 0 bridgehead atoms. The Bertz CT molecular complexity index is 899. The molecule has 9 heteroatoms. The van der Waals surface area contributed by atoms with Gasteiger partial charge in [0.05, 0.1) is 5.69 Å². The first-order valence-electron chi connectivity index (χ1n) is 9.01. The zero-order chi connectivity index (χ0) is 19.2. The number of halogens is 1. The molecule has 1 aromatic carbocycles. The van der Waals surface area contributed by atoms with Crippen molar-refractivity contribution in [2.24, 2.45) is 12.5 Å². The van der Waals surface area contributed by atoms with E-state index in [1.54, 1.807) is 26.2 Å². The summed E-state index contributed by atoms with van der Waals surface area (Å²) in [6, 6.07) is 3.56. The SMILES string of the molecule is CNC(=O)CCN(C=O)c1nn(C)c2c(F)c(N3CC4(CNC4)C3)ccc12. The maximum Gasteiger partial charge on any atom is 0.221 e. The smallest absolute Gasteiger partial charge is 0.221 e. The summed E-state index contributed by atoms with van der Waals surface area (Å²) in [5.41, 5.74) is 1.23. The number of carbonyl (C=O) groups excluding carboxylic acids is 2. The van der Waals surface area contributed by atoms with Crippen molar-refractivity contribution in [1.29, 1.82) is 0 Å². The summed E-state index contributed by atoms with van der Waals surface area (Å²) in [6.45, 7) is 3.85. The van der Waals surface area contributed by atoms with Crippen LogP contribution in [-0.2, 0) is 16.6 Å². The minimum atomic E-state index is -0.326. The first-order chi connectivity index (χ1) is 13.0. The highest BCUT2D eigenvalue weighted by atomic mass is 19.1. The minimum absolute atomic E-state index is 0.151. The van der Waals surface area contributed by atoms with E-state index >= 15 is 4.39 Å². The van der Waals surface area contributed by atoms with Crippen LogP contribution >= 0.6 is 0 Å². The molecule has 2 aliphatic rings. The van der Waals surface area contributed by atoms with E-state index in [4.69, 9.17) is 0 Å². The summed E-state index contributed by atoms with van der Waals surface area (Å²) >= 11 is 0. The number of nitrogens with one attached hydrogen (secondary N) is 2. The van der Waals surface area contributed by atoms with Gasteiger partial charge in [-0.1, -0.05) is 0 Å². The first kappa shape index (κ1) is 17.7. The Balaban J connectivity index is 1.63. The van der Waals surface area contributed by atoms with Gasteiger partial charge in [0.1, 0.15) is 5.52 Å². The van der Waals surface area contributed by atoms with Crippen LogP contribution in [0, 0.1) is 11.2 Å². The zero-order valence-corrected chi connectivity index (χ0v) is 15.5. The highest BCUT2D eigenvalue weighted by Crippen LogP contribution is 2.40. The van der Waals surface area contributed by atoms with Gasteiger partial charge in [-0.15, -0.1) is 0 Å². The quantitative estimate of drug-likeness (QED) is 0.707. The van der Waals surface area contributed by atoms with Crippen LogP contribution in [0.3, 0.4) is 0 Å². The molecule has 1 spiro atoms. The number of hydrogen-bond donors (Lipinski definition) is 2. The Morgan fingerprint density at radius 3 is 2.78 bits per heavy atom. The van der Waals surface area contributed by atoms with E-state index < -0.39 is 0 Å². The molecule has 2 N–H and O–H groups in total. The summed E-state index contributed by atoms with van der Waals surface area (Å²) in [4.78, 5) is 26.4. The van der Waals surface area contributed by atoms with Crippen LogP contribution < -0.4 is 20.4 Å². The molecular weight excluding hydrogens is 351 g/mol. The number of carbonyl (C=O) groups is 2. The lowest BCUT2D eigenvalue weighted by Crippen LogP contribution is -2.71. The first-order valence-corrected chi connectivity index (χ1v) is 9.01. The molecule has 8 nitrogen and oxygen atoms in total. The number of hydrogen-bond acceptors (Lipinski definition) is 5. The number of benzene rings is 1. The van der Waals surface area contributed by atoms with Gasteiger partial charge in [0, 0.05) is 64.0 Å². The van der Waals surface area contributed by atoms with Gasteiger partial charge >= 0.3 is 0 Å². The third-order valence-electron chi connectivity index (χ3n) is 5.56. The van der Waals surface area contributed by atoms with Crippen LogP contribution in [0.5, 0.6) is 0 Å². The molecule has 2 aromatic rings. The third-order valence-corrected chi connectivity index (χ3v) is 5.56. The van der Waals surface area contributed by atoms with Gasteiger partial charge in [0.25, 0.3) is 0 Å². The number of fused-ring (bicyclic) bond motifs is 1. The Morgan fingerprint density at radius 2 is 2.19 bits per heavy atom. The fourth-order valence-corrected chi connectivity index (χ4v) is 3.94. The van der Waals surface area contributed by atoms with E-state index in [-0.39, 0.29) is 24.7 Å². The average Bonchev–Trinajstić information content (AvgIpc) is 2.92. The lowest BCUT2D eigenvalue weighted by Gasteiger charge is -2.57. The van der Waals surface area contributed by atoms with E-state index in [0.29, 0.717) is 34.2 Å². The van der Waals surface area contributed by atoms with Gasteiger partial charge in [-0.3, -0.25) is 19.2 Å². The van der Waals surface area contributed by atoms with E-state index in [2.05, 4.69) is 15.7 Å². The van der Waals surface area contributed by atoms with Crippen molar-refractivity contribution >= 4 is 34.7 Å². The summed E-state index contributed by atoms with van der Waals surface area (Å²) in [7, 11) is 3.20. The Kier molecular flexibility index (Phi) is 4.26. The van der Waals surface area contributed by atoms with Crippen molar-refractivity contribution in [3.05, 3.63) is 17.9 Å². The predicted molar refractivity (Wildman–Crippen MR) is 100 cm³/mol. The third kappa shape index (κ3) is 2.82. The Hall–Kier alpha value is -2.68. The molecule has 2 fully saturated rings. The lowest BCUT2D eigenvalue weighted by molar-refractivity contribution is -0.120. The fourth-order valence-electron chi connectivity index (χ4n) is 3.94. The molecular formula is C18H23FN6O2. The topological polar surface area (TPSA) is 82.5 Å². The number of amides is 2. The van der Waals surface area contributed by atoms with Crippen molar-refractivity contribution in [2.45, 2.75) is 6.42 Å². The summed E-state index contributed by atoms with van der Waals surface area (Å²) < 4.78 is 16.7. The van der Waals surface area contributed by atoms with Crippen LogP contribution in [0.4, 0.5) is 15.9 Å². The van der Waals surface area contributed by atoms with E-state index in [1.807, 2.05) is 4.90 Å². The zero-order valence-electron chi connectivity index (χ0n) is 15.5. The maximum atomic E-state index is 15.2. The summed E-state index contributed by atoms with van der Waals surface area (Å²) in [5, 5.41) is 10.7. The number of aryl methyl sites for hydroxylation is 1. The fraction of sp³-hybridized carbons (Fsp3) is 0.500. The standard InChI is InChI=1S/C18H23FN6O2/c1-20-14(27)5-6-24(11-26)17-12-3-4-13(15(19)16(12)23(2)22-17)25-9-18(10-25)7-21-8-18/h3-4,11,21H,5-10H2,1-2H3,(H,20,27). The molecule has 2 aliphatic heterocycles. The molecule has 0 saturated carbocycles. The molecule has 2 amide bonds. The second kappa shape index (κ2) is 6.49. The van der Waals surface area contributed by atoms with Crippen molar-refractivity contribution in [3.63, 3.8) is 0 Å². The van der Waals surface area contributed by atoms with Crippen molar-refractivity contribution in [1.82, 2.24) is 20.4 Å². The van der Waals surface area contributed by atoms with Gasteiger partial charge < -0.3 is 15.5 Å². The number of rotatable bonds is 6. The molecule has 0 atom stereocenters. The number of nitrogens with zero attached hydrogens (tertiary/aromatic N) is 4. The van der Waals surface area contributed by atoms with Crippen LogP contribution in [0.2, 0.25) is 0 Å². The normalized spacial score (nSPS) is 17.5. The van der Waals surface area contributed by atoms with E-state index in [9.17, 15) is 9.59 Å². The second-order valence-corrected chi connectivity index (χ2v) is 7.42. The number of aromatic nitrogens is 2. The van der Waals surface area contributed by atoms with Crippen LogP contribution in [0.25, 0.3) is 10.9 Å². The van der Waals surface area contributed by atoms with Crippen molar-refractivity contribution < 1.29 is 14.0 Å². The van der Waals surface area contributed by atoms with Gasteiger partial charge in [-0.2, -0.15) is 5.10 Å². The van der Waals surface area contributed by atoms with Crippen LogP contribution in [-0.4, -0.2) is 61.9 Å². The molecule has 144 valence electrons. The molecule has 2 saturated heterocycles. The monoisotopic (exact) mass is 374 g/mol. The van der Waals surface area contributed by atoms with Gasteiger partial charge in [0.2, 0.25) is 12.3 Å². The predicted octanol–water partition coefficient (Wildman–Crippen LogP) is 0.221. The lowest BCUT2D eigenvalue weighted by atomic mass is 9.74. The maximum absolute atomic E-state index is 15.2. The largest absolute Gasteiger partial charge is 0.368 e. The van der Waals surface area contributed by atoms with Crippen LogP contribution in [0.1, 0.15) is 6.42 Å². The Morgan fingerprint density at radius 1 is 1.44 bits per heavy atom. The summed E-state index contributed by atoms with van der Waals surface area (Å²) in [6.07, 6.45) is 0.775. The molecule has 3 heterocycles. The minimum Gasteiger partial charge on any atom is -0.368 e. The Labute approximate surface area is 156 Å². The van der Waals surface area contributed by atoms with Crippen molar-refractivity contribution in [3.8, 4) is 0 Å². The molecule has 27 heavy (non-hydrogen) atoms. The molecule has 0 radical (unpaired) electrons. The highest BCUT2D eigenvalue weighted by Gasteiger charge is 2.48.